The number of hydrogen-bond donors (Lipinski definition) is 0. The molecule has 0 saturated heterocycles. The minimum atomic E-state index is -0.491. The summed E-state index contributed by atoms with van der Waals surface area (Å²) >= 11 is 0. The van der Waals surface area contributed by atoms with Crippen LogP contribution >= 0.6 is 0 Å². The predicted molar refractivity (Wildman–Crippen MR) is 284 cm³/mol. The monoisotopic (exact) mass is 865 g/mol. The smallest absolute Gasteiger partial charge is 0.0713 e. The molecule has 2 aliphatic rings. The van der Waals surface area contributed by atoms with Gasteiger partial charge in [0.05, 0.1) is 11.1 Å². The van der Waals surface area contributed by atoms with Crippen molar-refractivity contribution in [3.8, 4) is 44.5 Å². The predicted octanol–water partition coefficient (Wildman–Crippen LogP) is 17.8. The Kier molecular flexibility index (Phi) is 9.94. The molecule has 328 valence electrons. The second kappa shape index (κ2) is 15.7. The summed E-state index contributed by atoms with van der Waals surface area (Å²) in [4.78, 5) is 2.47. The van der Waals surface area contributed by atoms with E-state index in [4.69, 9.17) is 0 Å². The molecule has 0 unspecified atom stereocenters. The van der Waals surface area contributed by atoms with E-state index in [1.807, 2.05) is 0 Å². The maximum Gasteiger partial charge on any atom is 0.0713 e. The second-order valence-corrected chi connectivity index (χ2v) is 21.3. The molecule has 0 amide bonds. The highest BCUT2D eigenvalue weighted by Gasteiger charge is 2.48. The quantitative estimate of drug-likeness (QED) is 0.154. The van der Waals surface area contributed by atoms with Gasteiger partial charge in [0.15, 0.2) is 0 Å². The zero-order valence-corrected chi connectivity index (χ0v) is 40.2. The van der Waals surface area contributed by atoms with Crippen LogP contribution in [-0.2, 0) is 21.7 Å². The van der Waals surface area contributed by atoms with E-state index in [9.17, 15) is 0 Å². The maximum absolute atomic E-state index is 2.52. The van der Waals surface area contributed by atoms with Crippen molar-refractivity contribution in [2.24, 2.45) is 0 Å². The highest BCUT2D eigenvalue weighted by atomic mass is 15.1. The van der Waals surface area contributed by atoms with Gasteiger partial charge in [-0.1, -0.05) is 237 Å². The van der Waals surface area contributed by atoms with Crippen LogP contribution in [0.15, 0.2) is 212 Å². The van der Waals surface area contributed by atoms with E-state index in [0.29, 0.717) is 0 Å². The minimum Gasteiger partial charge on any atom is -0.310 e. The maximum atomic E-state index is 2.52. The van der Waals surface area contributed by atoms with Crippen LogP contribution in [0.5, 0.6) is 0 Å². The summed E-state index contributed by atoms with van der Waals surface area (Å²) in [6.07, 6.45) is 0. The lowest BCUT2D eigenvalue weighted by molar-refractivity contribution is 0.588. The molecule has 67 heavy (non-hydrogen) atoms. The van der Waals surface area contributed by atoms with Gasteiger partial charge in [-0.3, -0.25) is 0 Å². The first-order valence-corrected chi connectivity index (χ1v) is 24.0. The number of rotatable bonds is 7. The third-order valence-electron chi connectivity index (χ3n) is 14.8. The summed E-state index contributed by atoms with van der Waals surface area (Å²) in [5, 5.41) is 0. The van der Waals surface area contributed by atoms with Crippen LogP contribution in [0.4, 0.5) is 17.1 Å². The van der Waals surface area contributed by atoms with Gasteiger partial charge in [-0.2, -0.15) is 0 Å². The summed E-state index contributed by atoms with van der Waals surface area (Å²) in [5.41, 5.74) is 23.6. The van der Waals surface area contributed by atoms with Gasteiger partial charge in [-0.15, -0.1) is 0 Å². The Balaban J connectivity index is 1.12. The van der Waals surface area contributed by atoms with Crippen molar-refractivity contribution in [3.05, 3.63) is 257 Å². The molecule has 0 saturated carbocycles. The van der Waals surface area contributed by atoms with Crippen molar-refractivity contribution in [2.45, 2.75) is 77.0 Å². The number of fused-ring (bicyclic) bond motifs is 6. The first-order valence-electron chi connectivity index (χ1n) is 24.0. The van der Waals surface area contributed by atoms with Gasteiger partial charge >= 0.3 is 0 Å². The van der Waals surface area contributed by atoms with Gasteiger partial charge < -0.3 is 4.90 Å². The minimum absolute atomic E-state index is 0.0147. The molecule has 1 heteroatoms. The van der Waals surface area contributed by atoms with Gasteiger partial charge in [0.25, 0.3) is 0 Å². The van der Waals surface area contributed by atoms with Crippen molar-refractivity contribution < 1.29 is 0 Å². The molecule has 0 fully saturated rings. The van der Waals surface area contributed by atoms with Gasteiger partial charge in [-0.05, 0) is 125 Å². The van der Waals surface area contributed by atoms with Crippen LogP contribution in [0.3, 0.4) is 0 Å². The largest absolute Gasteiger partial charge is 0.310 e. The highest BCUT2D eigenvalue weighted by molar-refractivity contribution is 5.94. The molecule has 0 atom stereocenters. The summed E-state index contributed by atoms with van der Waals surface area (Å²) in [6.45, 7) is 18.9. The zero-order chi connectivity index (χ0) is 46.3. The van der Waals surface area contributed by atoms with E-state index in [2.05, 4.69) is 273 Å². The van der Waals surface area contributed by atoms with Crippen molar-refractivity contribution in [1.29, 1.82) is 0 Å². The van der Waals surface area contributed by atoms with Gasteiger partial charge in [0, 0.05) is 22.4 Å². The van der Waals surface area contributed by atoms with Crippen molar-refractivity contribution >= 4 is 17.1 Å². The Bertz CT molecular complexity index is 3270. The molecule has 0 radical (unpaired) electrons. The van der Waals surface area contributed by atoms with E-state index in [-0.39, 0.29) is 16.2 Å². The molecule has 9 aromatic carbocycles. The number of nitrogens with zero attached hydrogens (tertiary/aromatic N) is 1. The Morgan fingerprint density at radius 2 is 0.881 bits per heavy atom. The van der Waals surface area contributed by atoms with Crippen molar-refractivity contribution in [2.75, 3.05) is 4.90 Å². The normalized spacial score (nSPS) is 14.2. The number of para-hydroxylation sites is 1. The molecule has 0 spiro atoms. The third kappa shape index (κ3) is 6.73. The molecular formula is C66H59N. The van der Waals surface area contributed by atoms with E-state index in [1.54, 1.807) is 0 Å². The Morgan fingerprint density at radius 3 is 1.52 bits per heavy atom. The fourth-order valence-corrected chi connectivity index (χ4v) is 11.6. The van der Waals surface area contributed by atoms with Gasteiger partial charge in [0.2, 0.25) is 0 Å². The highest BCUT2D eigenvalue weighted by Crippen LogP contribution is 2.60. The van der Waals surface area contributed by atoms with Crippen molar-refractivity contribution in [1.82, 2.24) is 0 Å². The molecule has 2 aliphatic carbocycles. The zero-order valence-electron chi connectivity index (χ0n) is 40.2. The van der Waals surface area contributed by atoms with E-state index in [1.165, 1.54) is 89.0 Å². The Labute approximate surface area is 398 Å². The SMILES string of the molecule is CC(C)(C)c1ccc2c(c1)C(c1ccccc1)(c1ccccc1)c1ccc(-c3ccc(N(c4ccc5c(c4)C(C)(C)c4ccccc4-5)c4ccccc4-c4ccccc4)cc3)c(C(C)(C)C)c1-2. The summed E-state index contributed by atoms with van der Waals surface area (Å²) < 4.78 is 0. The fraction of sp³-hybridized carbons (Fsp3) is 0.182. The van der Waals surface area contributed by atoms with E-state index in [0.717, 1.165) is 17.1 Å². The summed E-state index contributed by atoms with van der Waals surface area (Å²) in [5.74, 6) is 0. The topological polar surface area (TPSA) is 3.24 Å². The van der Waals surface area contributed by atoms with Crippen LogP contribution in [-0.4, -0.2) is 0 Å². The van der Waals surface area contributed by atoms with Crippen LogP contribution in [0.1, 0.15) is 99.9 Å². The number of anilines is 3. The molecule has 11 rings (SSSR count). The molecule has 0 N–H and O–H groups in total. The van der Waals surface area contributed by atoms with Gasteiger partial charge in [0.1, 0.15) is 0 Å². The first kappa shape index (κ1) is 42.4. The lowest BCUT2D eigenvalue weighted by atomic mass is 9.66. The molecular weight excluding hydrogens is 807 g/mol. The average Bonchev–Trinajstić information content (AvgIpc) is 3.77. The Morgan fingerprint density at radius 1 is 0.358 bits per heavy atom. The van der Waals surface area contributed by atoms with E-state index < -0.39 is 5.41 Å². The summed E-state index contributed by atoms with van der Waals surface area (Å²) in [7, 11) is 0. The molecule has 1 nitrogen and oxygen atoms in total. The first-order chi connectivity index (χ1) is 32.3. The number of benzene rings is 9. The van der Waals surface area contributed by atoms with E-state index >= 15 is 0 Å². The molecule has 0 aliphatic heterocycles. The van der Waals surface area contributed by atoms with Crippen molar-refractivity contribution in [3.63, 3.8) is 0 Å². The third-order valence-corrected chi connectivity index (χ3v) is 14.8. The van der Waals surface area contributed by atoms with Crippen LogP contribution in [0.2, 0.25) is 0 Å². The molecule has 0 heterocycles. The average molecular weight is 866 g/mol. The standard InChI is InChI=1S/C66H59N/c1-63(2,3)48-34-38-55-59(42-48)66(46-24-14-10-15-25-46,47-26-16-11-17-27-47)57-41-40-52(62(61(55)57)64(4,5)6)45-32-35-49(36-33-45)67(60-31-21-19-28-51(60)44-22-12-9-13-23-44)50-37-39-54-53-29-18-20-30-56(53)65(7,8)58(54)43-50/h9-43H,1-8H3. The molecule has 9 aromatic rings. The fourth-order valence-electron chi connectivity index (χ4n) is 11.6. The van der Waals surface area contributed by atoms with Crippen LogP contribution < -0.4 is 4.90 Å². The summed E-state index contributed by atoms with van der Waals surface area (Å²) in [6, 6.07) is 79.7. The van der Waals surface area contributed by atoms with Gasteiger partial charge in [-0.25, -0.2) is 0 Å². The lowest BCUT2D eigenvalue weighted by Gasteiger charge is -2.35. The number of hydrogen-bond acceptors (Lipinski definition) is 1. The Hall–Kier alpha value is -7.22. The molecule has 0 aromatic heterocycles. The molecule has 0 bridgehead atoms. The van der Waals surface area contributed by atoms with Crippen LogP contribution in [0.25, 0.3) is 44.5 Å². The second-order valence-electron chi connectivity index (χ2n) is 21.3. The lowest BCUT2D eigenvalue weighted by Crippen LogP contribution is -2.29. The van der Waals surface area contributed by atoms with Crippen LogP contribution in [0, 0.1) is 0 Å².